The molecule has 6 nitrogen and oxygen atoms in total. The molecule has 6 heteroatoms. The Morgan fingerprint density at radius 2 is 1.71 bits per heavy atom. The largest absolute Gasteiger partial charge is 0.466 e. The number of rotatable bonds is 23. The number of carbonyl (C=O) groups is 2. The maximum absolute atomic E-state index is 12.0. The average molecular weight is 585 g/mol. The zero-order chi connectivity index (χ0) is 30.4. The molecule has 1 aliphatic rings. The highest BCUT2D eigenvalue weighted by molar-refractivity contribution is 5.69. The molecule has 0 unspecified atom stereocenters. The van der Waals surface area contributed by atoms with Gasteiger partial charge < -0.3 is 19.3 Å². The molecule has 1 N–H and O–H groups in total. The number of aryl methyl sites for hydroxylation is 1. The fourth-order valence-corrected chi connectivity index (χ4v) is 6.05. The van der Waals surface area contributed by atoms with Crippen molar-refractivity contribution in [3.8, 4) is 0 Å². The molecular weight excluding hydrogens is 528 g/mol. The van der Waals surface area contributed by atoms with Gasteiger partial charge in [-0.05, 0) is 75.7 Å². The van der Waals surface area contributed by atoms with Gasteiger partial charge in [-0.1, -0.05) is 74.2 Å². The topological polar surface area (TPSA) is 82.1 Å². The summed E-state index contributed by atoms with van der Waals surface area (Å²) in [5, 5.41) is 10.9. The Morgan fingerprint density at radius 3 is 2.43 bits per heavy atom. The van der Waals surface area contributed by atoms with Crippen LogP contribution in [0.4, 0.5) is 0 Å². The van der Waals surface area contributed by atoms with Gasteiger partial charge in [0.1, 0.15) is 6.10 Å². The molecule has 1 aromatic rings. The third-order valence-corrected chi connectivity index (χ3v) is 8.46. The number of hydrogen-bond donors (Lipinski definition) is 1. The van der Waals surface area contributed by atoms with E-state index in [9.17, 15) is 14.7 Å². The molecule has 236 valence electrons. The molecule has 1 saturated carbocycles. The van der Waals surface area contributed by atoms with E-state index in [4.69, 9.17) is 14.2 Å². The van der Waals surface area contributed by atoms with Crippen LogP contribution in [0.5, 0.6) is 0 Å². The Balaban J connectivity index is 1.69. The van der Waals surface area contributed by atoms with Crippen molar-refractivity contribution in [2.75, 3.05) is 13.7 Å². The van der Waals surface area contributed by atoms with Crippen molar-refractivity contribution in [3.63, 3.8) is 0 Å². The lowest BCUT2D eigenvalue weighted by Crippen LogP contribution is -2.27. The fourth-order valence-electron chi connectivity index (χ4n) is 6.05. The fraction of sp³-hybridized carbons (Fsp3) is 0.667. The van der Waals surface area contributed by atoms with Gasteiger partial charge in [-0.25, -0.2) is 0 Å². The van der Waals surface area contributed by atoms with Crippen molar-refractivity contribution in [1.82, 2.24) is 0 Å². The van der Waals surface area contributed by atoms with E-state index in [-0.39, 0.29) is 36.0 Å². The van der Waals surface area contributed by atoms with Gasteiger partial charge in [0.2, 0.25) is 0 Å². The van der Waals surface area contributed by atoms with Crippen molar-refractivity contribution in [2.45, 2.75) is 128 Å². The first kappa shape index (κ1) is 35.8. The van der Waals surface area contributed by atoms with E-state index in [1.165, 1.54) is 38.2 Å². The molecule has 0 radical (unpaired) electrons. The van der Waals surface area contributed by atoms with Crippen molar-refractivity contribution in [2.24, 2.45) is 11.8 Å². The summed E-state index contributed by atoms with van der Waals surface area (Å²) in [6.45, 7) is 5.70. The molecule has 0 saturated heterocycles. The second kappa shape index (κ2) is 22.1. The molecular formula is C36H56O6. The highest BCUT2D eigenvalue weighted by atomic mass is 16.5. The predicted octanol–water partition coefficient (Wildman–Crippen LogP) is 7.92. The number of esters is 2. The van der Waals surface area contributed by atoms with Crippen molar-refractivity contribution < 1.29 is 28.9 Å². The summed E-state index contributed by atoms with van der Waals surface area (Å²) in [6.07, 6.45) is 20.3. The summed E-state index contributed by atoms with van der Waals surface area (Å²) in [4.78, 5) is 23.8. The minimum Gasteiger partial charge on any atom is -0.466 e. The summed E-state index contributed by atoms with van der Waals surface area (Å²) in [5.74, 6) is -0.300. The first-order chi connectivity index (χ1) is 20.4. The average Bonchev–Trinajstić information content (AvgIpc) is 3.27. The smallest absolute Gasteiger partial charge is 0.305 e. The van der Waals surface area contributed by atoms with Crippen molar-refractivity contribution in [1.29, 1.82) is 0 Å². The maximum atomic E-state index is 12.0. The van der Waals surface area contributed by atoms with Crippen LogP contribution >= 0.6 is 0 Å². The quantitative estimate of drug-likeness (QED) is 0.0799. The summed E-state index contributed by atoms with van der Waals surface area (Å²) in [7, 11) is 1.76. The second-order valence-electron chi connectivity index (χ2n) is 11.8. The SMILES string of the molecule is C=CCCCCCCCCOC(=O)CCC/C=C\C[C@@H]1[C@@H](CC[C@H](CCc2ccccc2)OC)[C@H](OC(C)=O)C[C@@H]1O. The Hall–Kier alpha value is -2.44. The number of unbranched alkanes of at least 4 members (excludes halogenated alkanes) is 7. The van der Waals surface area contributed by atoms with Gasteiger partial charge in [0.25, 0.3) is 0 Å². The highest BCUT2D eigenvalue weighted by Gasteiger charge is 2.43. The molecule has 1 fully saturated rings. The van der Waals surface area contributed by atoms with E-state index in [0.717, 1.165) is 64.2 Å². The molecule has 0 aromatic heterocycles. The number of benzene rings is 1. The van der Waals surface area contributed by atoms with Gasteiger partial charge in [-0.3, -0.25) is 9.59 Å². The highest BCUT2D eigenvalue weighted by Crippen LogP contribution is 2.40. The molecule has 0 heterocycles. The number of aliphatic hydroxyl groups is 1. The normalized spacial score (nSPS) is 20.9. The van der Waals surface area contributed by atoms with E-state index >= 15 is 0 Å². The Kier molecular flexibility index (Phi) is 18.9. The van der Waals surface area contributed by atoms with Crippen LogP contribution in [0.1, 0.15) is 109 Å². The van der Waals surface area contributed by atoms with E-state index < -0.39 is 6.10 Å². The Labute approximate surface area is 254 Å². The van der Waals surface area contributed by atoms with Crippen LogP contribution in [0.15, 0.2) is 55.1 Å². The number of ether oxygens (including phenoxy) is 3. The third kappa shape index (κ3) is 15.2. The molecule has 2 rings (SSSR count). The van der Waals surface area contributed by atoms with Crippen LogP contribution < -0.4 is 0 Å². The first-order valence-corrected chi connectivity index (χ1v) is 16.3. The summed E-state index contributed by atoms with van der Waals surface area (Å²) in [5.41, 5.74) is 1.30. The van der Waals surface area contributed by atoms with Gasteiger partial charge in [-0.15, -0.1) is 6.58 Å². The van der Waals surface area contributed by atoms with E-state index in [1.54, 1.807) is 7.11 Å². The molecule has 0 aliphatic heterocycles. The van der Waals surface area contributed by atoms with Gasteiger partial charge in [0.05, 0.1) is 18.8 Å². The van der Waals surface area contributed by atoms with Gasteiger partial charge in [0, 0.05) is 32.8 Å². The van der Waals surface area contributed by atoms with Crippen LogP contribution in [0.2, 0.25) is 0 Å². The lowest BCUT2D eigenvalue weighted by molar-refractivity contribution is -0.148. The van der Waals surface area contributed by atoms with Gasteiger partial charge >= 0.3 is 11.9 Å². The standard InChI is InChI=1S/C36H56O6/c1-4-5-6-7-8-9-12-18-27-41-36(39)22-17-11-10-16-21-32-33(35(28-34(32)38)42-29(2)37)26-25-31(40-3)24-23-30-19-14-13-15-20-30/h4,10,13-16,19-20,31-35,38H,1,5-9,11-12,17-18,21-28H2,2-3H3/b16-10-/t31-,32+,33+,34-,35+/m0/s1. The minimum absolute atomic E-state index is 0.0316. The third-order valence-electron chi connectivity index (χ3n) is 8.46. The van der Waals surface area contributed by atoms with Crippen LogP contribution in [-0.4, -0.2) is 49.1 Å². The number of hydrogen-bond acceptors (Lipinski definition) is 6. The second-order valence-corrected chi connectivity index (χ2v) is 11.8. The zero-order valence-electron chi connectivity index (χ0n) is 26.2. The monoisotopic (exact) mass is 584 g/mol. The van der Waals surface area contributed by atoms with Crippen molar-refractivity contribution in [3.05, 3.63) is 60.7 Å². The number of methoxy groups -OCH3 is 1. The molecule has 1 aliphatic carbocycles. The Morgan fingerprint density at radius 1 is 0.976 bits per heavy atom. The molecule has 0 amide bonds. The van der Waals surface area contributed by atoms with Gasteiger partial charge in [-0.2, -0.15) is 0 Å². The molecule has 0 spiro atoms. The molecule has 1 aromatic carbocycles. The minimum atomic E-state index is -0.503. The molecule has 5 atom stereocenters. The lowest BCUT2D eigenvalue weighted by atomic mass is 9.85. The van der Waals surface area contributed by atoms with Crippen LogP contribution in [0.3, 0.4) is 0 Å². The summed E-state index contributed by atoms with van der Waals surface area (Å²) in [6, 6.07) is 10.4. The van der Waals surface area contributed by atoms with E-state index in [0.29, 0.717) is 19.4 Å². The Bertz CT molecular complexity index is 897. The summed E-state index contributed by atoms with van der Waals surface area (Å²) >= 11 is 0. The maximum Gasteiger partial charge on any atom is 0.305 e. The number of allylic oxidation sites excluding steroid dienone is 3. The molecule has 42 heavy (non-hydrogen) atoms. The number of carbonyl (C=O) groups excluding carboxylic acids is 2. The van der Waals surface area contributed by atoms with Crippen LogP contribution in [0.25, 0.3) is 0 Å². The predicted molar refractivity (Wildman–Crippen MR) is 169 cm³/mol. The first-order valence-electron chi connectivity index (χ1n) is 16.3. The molecule has 0 bridgehead atoms. The zero-order valence-corrected chi connectivity index (χ0v) is 26.2. The van der Waals surface area contributed by atoms with Crippen LogP contribution in [-0.2, 0) is 30.2 Å². The van der Waals surface area contributed by atoms with E-state index in [2.05, 4.69) is 43.0 Å². The lowest BCUT2D eigenvalue weighted by Gasteiger charge is -2.26. The van der Waals surface area contributed by atoms with Crippen LogP contribution in [0, 0.1) is 11.8 Å². The van der Waals surface area contributed by atoms with E-state index in [1.807, 2.05) is 12.1 Å². The number of aliphatic hydroxyl groups excluding tert-OH is 1. The van der Waals surface area contributed by atoms with Crippen molar-refractivity contribution >= 4 is 11.9 Å². The summed E-state index contributed by atoms with van der Waals surface area (Å²) < 4.78 is 16.8. The van der Waals surface area contributed by atoms with Gasteiger partial charge in [0.15, 0.2) is 0 Å².